The molecule has 2 aromatic carbocycles. The van der Waals surface area contributed by atoms with E-state index < -0.39 is 42.7 Å². The van der Waals surface area contributed by atoms with Gasteiger partial charge in [0.05, 0.1) is 0 Å². The number of carbonyl (C=O) groups is 4. The van der Waals surface area contributed by atoms with E-state index in [9.17, 15) is 23.6 Å². The van der Waals surface area contributed by atoms with Crippen molar-refractivity contribution < 1.29 is 28.3 Å². The number of amides is 3. The number of benzene rings is 2. The number of halogens is 1. The fourth-order valence-corrected chi connectivity index (χ4v) is 2.87. The van der Waals surface area contributed by atoms with Crippen LogP contribution in [0.3, 0.4) is 0 Å². The lowest BCUT2D eigenvalue weighted by atomic mass is 10.1. The maximum absolute atomic E-state index is 13.2. The molecule has 0 aliphatic carbocycles. The third kappa shape index (κ3) is 7.54. The lowest BCUT2D eigenvalue weighted by molar-refractivity contribution is -0.146. The van der Waals surface area contributed by atoms with Gasteiger partial charge in [0.15, 0.2) is 6.61 Å². The van der Waals surface area contributed by atoms with Gasteiger partial charge in [0.2, 0.25) is 5.91 Å². The van der Waals surface area contributed by atoms with E-state index in [-0.39, 0.29) is 13.0 Å². The number of nitrogens with two attached hydrogens (primary N) is 1. The molecular formula is C22H24FN3O5. The Bertz CT molecular complexity index is 955. The van der Waals surface area contributed by atoms with Crippen LogP contribution in [-0.2, 0) is 19.1 Å². The molecule has 2 rings (SSSR count). The van der Waals surface area contributed by atoms with Crippen LogP contribution in [0.4, 0.5) is 10.1 Å². The molecular weight excluding hydrogens is 405 g/mol. The average molecular weight is 429 g/mol. The number of primary amides is 1. The summed E-state index contributed by atoms with van der Waals surface area (Å²) in [5.41, 5.74) is 7.70. The highest BCUT2D eigenvalue weighted by molar-refractivity contribution is 5.97. The van der Waals surface area contributed by atoms with Crippen LogP contribution in [0.2, 0.25) is 0 Å². The fourth-order valence-electron chi connectivity index (χ4n) is 2.87. The highest BCUT2D eigenvalue weighted by Crippen LogP contribution is 2.16. The average Bonchev–Trinajstić information content (AvgIpc) is 2.70. The van der Waals surface area contributed by atoms with Crippen molar-refractivity contribution in [2.75, 3.05) is 24.6 Å². The van der Waals surface area contributed by atoms with Gasteiger partial charge in [-0.1, -0.05) is 17.2 Å². The fraction of sp³-hybridized carbons (Fsp3) is 0.273. The molecule has 0 aromatic heterocycles. The number of rotatable bonds is 9. The van der Waals surface area contributed by atoms with Gasteiger partial charge >= 0.3 is 5.97 Å². The molecule has 0 aliphatic heterocycles. The summed E-state index contributed by atoms with van der Waals surface area (Å²) >= 11 is 0. The normalized spacial score (nSPS) is 10.3. The maximum atomic E-state index is 13.2. The Balaban J connectivity index is 1.91. The molecule has 0 radical (unpaired) electrons. The minimum atomic E-state index is -0.806. The molecule has 0 heterocycles. The van der Waals surface area contributed by atoms with Crippen molar-refractivity contribution in [1.29, 1.82) is 0 Å². The molecule has 0 atom stereocenters. The lowest BCUT2D eigenvalue weighted by Crippen LogP contribution is -2.38. The first-order valence-electron chi connectivity index (χ1n) is 9.52. The second-order valence-corrected chi connectivity index (χ2v) is 6.96. The number of nitrogens with zero attached hydrogens (tertiary/aromatic N) is 1. The highest BCUT2D eigenvalue weighted by atomic mass is 19.1. The highest BCUT2D eigenvalue weighted by Gasteiger charge is 2.19. The van der Waals surface area contributed by atoms with Gasteiger partial charge in [0.25, 0.3) is 11.8 Å². The number of esters is 1. The molecule has 0 saturated heterocycles. The first kappa shape index (κ1) is 23.5. The molecule has 2 aromatic rings. The van der Waals surface area contributed by atoms with Crippen LogP contribution in [0.1, 0.15) is 27.9 Å². The molecule has 0 spiro atoms. The summed E-state index contributed by atoms with van der Waals surface area (Å²) < 4.78 is 18.1. The third-order valence-electron chi connectivity index (χ3n) is 4.25. The zero-order valence-corrected chi connectivity index (χ0v) is 17.3. The molecule has 0 bridgehead atoms. The molecule has 3 N–H and O–H groups in total. The van der Waals surface area contributed by atoms with E-state index >= 15 is 0 Å². The molecule has 0 saturated carbocycles. The monoisotopic (exact) mass is 429 g/mol. The topological polar surface area (TPSA) is 119 Å². The molecule has 0 aliphatic rings. The Morgan fingerprint density at radius 3 is 2.23 bits per heavy atom. The van der Waals surface area contributed by atoms with Gasteiger partial charge in [-0.05, 0) is 50.2 Å². The Morgan fingerprint density at radius 1 is 1.03 bits per heavy atom. The van der Waals surface area contributed by atoms with Gasteiger partial charge in [0, 0.05) is 24.2 Å². The summed E-state index contributed by atoms with van der Waals surface area (Å²) in [7, 11) is 0. The Kier molecular flexibility index (Phi) is 8.25. The summed E-state index contributed by atoms with van der Waals surface area (Å²) in [4.78, 5) is 48.9. The summed E-state index contributed by atoms with van der Waals surface area (Å²) in [6.07, 6.45) is -0.122. The van der Waals surface area contributed by atoms with E-state index in [2.05, 4.69) is 5.32 Å². The zero-order chi connectivity index (χ0) is 23.0. The SMILES string of the molecule is Cc1cc(C)cc(C(=O)NCC(=O)OCC(=O)N(CCC(N)=O)c2ccc(F)cc2)c1. The molecule has 0 fully saturated rings. The van der Waals surface area contributed by atoms with Crippen LogP contribution in [0.15, 0.2) is 42.5 Å². The van der Waals surface area contributed by atoms with E-state index in [1.807, 2.05) is 19.9 Å². The Morgan fingerprint density at radius 2 is 1.65 bits per heavy atom. The maximum Gasteiger partial charge on any atom is 0.325 e. The van der Waals surface area contributed by atoms with E-state index in [0.29, 0.717) is 11.3 Å². The van der Waals surface area contributed by atoms with E-state index in [1.165, 1.54) is 17.0 Å². The van der Waals surface area contributed by atoms with Gasteiger partial charge in [-0.25, -0.2) is 4.39 Å². The van der Waals surface area contributed by atoms with Gasteiger partial charge in [-0.3, -0.25) is 19.2 Å². The van der Waals surface area contributed by atoms with Crippen molar-refractivity contribution in [2.24, 2.45) is 5.73 Å². The van der Waals surface area contributed by atoms with Crippen molar-refractivity contribution in [3.63, 3.8) is 0 Å². The molecule has 31 heavy (non-hydrogen) atoms. The molecule has 164 valence electrons. The predicted molar refractivity (Wildman–Crippen MR) is 112 cm³/mol. The van der Waals surface area contributed by atoms with Crippen molar-refractivity contribution in [1.82, 2.24) is 5.32 Å². The number of ether oxygens (including phenoxy) is 1. The van der Waals surface area contributed by atoms with Crippen LogP contribution in [0, 0.1) is 19.7 Å². The quantitative estimate of drug-likeness (QED) is 0.587. The lowest BCUT2D eigenvalue weighted by Gasteiger charge is -2.22. The van der Waals surface area contributed by atoms with E-state index in [0.717, 1.165) is 23.3 Å². The van der Waals surface area contributed by atoms with Gasteiger partial charge in [0.1, 0.15) is 12.4 Å². The Labute approximate surface area is 179 Å². The predicted octanol–water partition coefficient (Wildman–Crippen LogP) is 1.62. The summed E-state index contributed by atoms with van der Waals surface area (Å²) in [6.45, 7) is 2.62. The van der Waals surface area contributed by atoms with Crippen molar-refractivity contribution in [3.05, 3.63) is 65.0 Å². The van der Waals surface area contributed by atoms with Gasteiger partial charge in [-0.2, -0.15) is 0 Å². The van der Waals surface area contributed by atoms with Crippen LogP contribution in [-0.4, -0.2) is 43.4 Å². The smallest absolute Gasteiger partial charge is 0.325 e. The van der Waals surface area contributed by atoms with Crippen LogP contribution in [0.5, 0.6) is 0 Å². The number of anilines is 1. The van der Waals surface area contributed by atoms with Gasteiger partial charge < -0.3 is 20.7 Å². The largest absolute Gasteiger partial charge is 0.454 e. The minimum Gasteiger partial charge on any atom is -0.454 e. The van der Waals surface area contributed by atoms with Crippen LogP contribution >= 0.6 is 0 Å². The molecule has 9 heteroatoms. The number of hydrogen-bond donors (Lipinski definition) is 2. The zero-order valence-electron chi connectivity index (χ0n) is 17.3. The Hall–Kier alpha value is -3.75. The standard InChI is InChI=1S/C22H24FN3O5/c1-14-9-15(2)11-16(10-14)22(30)25-12-21(29)31-13-20(28)26(8-7-19(24)27)18-5-3-17(23)4-6-18/h3-6,9-11H,7-8,12-13H2,1-2H3,(H2,24,27)(H,25,30). The minimum absolute atomic E-state index is 0.0548. The first-order chi connectivity index (χ1) is 14.7. The molecule has 3 amide bonds. The van der Waals surface area contributed by atoms with Gasteiger partial charge in [-0.15, -0.1) is 0 Å². The van der Waals surface area contributed by atoms with E-state index in [1.54, 1.807) is 12.1 Å². The number of nitrogens with one attached hydrogen (secondary N) is 1. The molecule has 0 unspecified atom stereocenters. The second kappa shape index (κ2) is 10.9. The number of hydrogen-bond acceptors (Lipinski definition) is 5. The van der Waals surface area contributed by atoms with Crippen LogP contribution in [0.25, 0.3) is 0 Å². The number of aryl methyl sites for hydroxylation is 2. The summed E-state index contributed by atoms with van der Waals surface area (Å²) in [6, 6.07) is 10.3. The number of carbonyl (C=O) groups excluding carboxylic acids is 4. The van der Waals surface area contributed by atoms with Crippen molar-refractivity contribution >= 4 is 29.4 Å². The van der Waals surface area contributed by atoms with Crippen LogP contribution < -0.4 is 16.0 Å². The second-order valence-electron chi connectivity index (χ2n) is 6.96. The molecule has 8 nitrogen and oxygen atoms in total. The third-order valence-corrected chi connectivity index (χ3v) is 4.25. The van der Waals surface area contributed by atoms with Crippen molar-refractivity contribution in [3.8, 4) is 0 Å². The summed E-state index contributed by atoms with van der Waals surface area (Å²) in [5.74, 6) is -2.98. The van der Waals surface area contributed by atoms with E-state index in [4.69, 9.17) is 10.5 Å². The van der Waals surface area contributed by atoms with Crippen molar-refractivity contribution in [2.45, 2.75) is 20.3 Å². The summed E-state index contributed by atoms with van der Waals surface area (Å²) in [5, 5.41) is 2.44. The first-order valence-corrected chi connectivity index (χ1v) is 9.52.